The van der Waals surface area contributed by atoms with Gasteiger partial charge in [-0.1, -0.05) is 12.1 Å². The SMILES string of the molecule is CCN(C)c1ccccc1NC(=O)N1CCC(CC(=O)NC)CC1. The topological polar surface area (TPSA) is 64.7 Å². The summed E-state index contributed by atoms with van der Waals surface area (Å²) in [6.45, 7) is 4.34. The van der Waals surface area contributed by atoms with E-state index in [1.807, 2.05) is 36.2 Å². The molecule has 2 rings (SSSR count). The third-order valence-electron chi connectivity index (χ3n) is 4.69. The molecule has 1 aromatic rings. The van der Waals surface area contributed by atoms with E-state index >= 15 is 0 Å². The second-order valence-corrected chi connectivity index (χ2v) is 6.27. The average molecular weight is 332 g/mol. The van der Waals surface area contributed by atoms with Crippen LogP contribution in [-0.4, -0.2) is 50.6 Å². The highest BCUT2D eigenvalue weighted by Crippen LogP contribution is 2.26. The number of rotatable bonds is 5. The van der Waals surface area contributed by atoms with Gasteiger partial charge in [-0.25, -0.2) is 4.79 Å². The minimum Gasteiger partial charge on any atom is -0.373 e. The van der Waals surface area contributed by atoms with Crippen LogP contribution in [0.4, 0.5) is 16.2 Å². The number of benzene rings is 1. The zero-order valence-electron chi connectivity index (χ0n) is 14.8. The van der Waals surface area contributed by atoms with Crippen molar-refractivity contribution < 1.29 is 9.59 Å². The first kappa shape index (κ1) is 18.1. The lowest BCUT2D eigenvalue weighted by Crippen LogP contribution is -2.42. The number of nitrogens with zero attached hydrogens (tertiary/aromatic N) is 2. The van der Waals surface area contributed by atoms with Crippen LogP contribution in [-0.2, 0) is 4.79 Å². The van der Waals surface area contributed by atoms with E-state index in [0.29, 0.717) is 25.4 Å². The van der Waals surface area contributed by atoms with Crippen molar-refractivity contribution in [2.75, 3.05) is 43.9 Å². The Bertz CT molecular complexity index is 568. The first-order chi connectivity index (χ1) is 11.5. The summed E-state index contributed by atoms with van der Waals surface area (Å²) in [5, 5.41) is 5.69. The Morgan fingerprint density at radius 3 is 2.54 bits per heavy atom. The van der Waals surface area contributed by atoms with Gasteiger partial charge in [-0.2, -0.15) is 0 Å². The van der Waals surface area contributed by atoms with Crippen molar-refractivity contribution in [2.24, 2.45) is 5.92 Å². The van der Waals surface area contributed by atoms with Crippen molar-refractivity contribution in [1.29, 1.82) is 0 Å². The minimum absolute atomic E-state index is 0.0645. The van der Waals surface area contributed by atoms with E-state index in [4.69, 9.17) is 0 Å². The molecule has 1 aromatic carbocycles. The van der Waals surface area contributed by atoms with Gasteiger partial charge in [0.05, 0.1) is 11.4 Å². The van der Waals surface area contributed by atoms with Crippen LogP contribution >= 0.6 is 0 Å². The molecule has 1 aliphatic rings. The average Bonchev–Trinajstić information content (AvgIpc) is 2.62. The van der Waals surface area contributed by atoms with Gasteiger partial charge in [-0.15, -0.1) is 0 Å². The molecule has 1 fully saturated rings. The van der Waals surface area contributed by atoms with Crippen molar-refractivity contribution >= 4 is 23.3 Å². The number of carbonyl (C=O) groups excluding carboxylic acids is 2. The van der Waals surface area contributed by atoms with Crippen LogP contribution in [0.2, 0.25) is 0 Å². The lowest BCUT2D eigenvalue weighted by Gasteiger charge is -2.32. The Balaban J connectivity index is 1.92. The van der Waals surface area contributed by atoms with E-state index in [9.17, 15) is 9.59 Å². The van der Waals surface area contributed by atoms with E-state index < -0.39 is 0 Å². The molecule has 0 aromatic heterocycles. The fourth-order valence-corrected chi connectivity index (χ4v) is 2.98. The first-order valence-corrected chi connectivity index (χ1v) is 8.61. The van der Waals surface area contributed by atoms with Gasteiger partial charge in [-0.3, -0.25) is 4.79 Å². The standard InChI is InChI=1S/C18H28N4O2/c1-4-21(3)16-8-6-5-7-15(16)20-18(24)22-11-9-14(10-12-22)13-17(23)19-2/h5-8,14H,4,9-13H2,1-3H3,(H,19,23)(H,20,24). The lowest BCUT2D eigenvalue weighted by atomic mass is 9.93. The quantitative estimate of drug-likeness (QED) is 0.871. The van der Waals surface area contributed by atoms with Crippen LogP contribution in [0, 0.1) is 5.92 Å². The summed E-state index contributed by atoms with van der Waals surface area (Å²) in [5.74, 6) is 0.446. The number of piperidine rings is 1. The minimum atomic E-state index is -0.0645. The summed E-state index contributed by atoms with van der Waals surface area (Å²) in [5.41, 5.74) is 1.85. The number of urea groups is 1. The summed E-state index contributed by atoms with van der Waals surface area (Å²) in [6, 6.07) is 7.77. The predicted molar refractivity (Wildman–Crippen MR) is 97.4 cm³/mol. The van der Waals surface area contributed by atoms with E-state index in [1.165, 1.54) is 0 Å². The van der Waals surface area contributed by atoms with Crippen LogP contribution < -0.4 is 15.5 Å². The normalized spacial score (nSPS) is 15.0. The second-order valence-electron chi connectivity index (χ2n) is 6.27. The summed E-state index contributed by atoms with van der Waals surface area (Å²) >= 11 is 0. The van der Waals surface area contributed by atoms with Crippen LogP contribution in [0.15, 0.2) is 24.3 Å². The van der Waals surface area contributed by atoms with Crippen LogP contribution in [0.5, 0.6) is 0 Å². The predicted octanol–water partition coefficient (Wildman–Crippen LogP) is 2.52. The third-order valence-corrected chi connectivity index (χ3v) is 4.69. The Kier molecular flexibility index (Phi) is 6.46. The zero-order valence-corrected chi connectivity index (χ0v) is 14.8. The van der Waals surface area contributed by atoms with Gasteiger partial charge < -0.3 is 20.4 Å². The maximum atomic E-state index is 12.5. The molecule has 0 radical (unpaired) electrons. The molecule has 132 valence electrons. The lowest BCUT2D eigenvalue weighted by molar-refractivity contribution is -0.121. The first-order valence-electron chi connectivity index (χ1n) is 8.61. The van der Waals surface area contributed by atoms with E-state index in [1.54, 1.807) is 7.05 Å². The maximum absolute atomic E-state index is 12.5. The third kappa shape index (κ3) is 4.63. The molecule has 0 spiro atoms. The maximum Gasteiger partial charge on any atom is 0.321 e. The number of nitrogens with one attached hydrogen (secondary N) is 2. The van der Waals surface area contributed by atoms with E-state index in [-0.39, 0.29) is 11.9 Å². The number of amides is 3. The number of hydrogen-bond acceptors (Lipinski definition) is 3. The Labute approximate surface area is 144 Å². The second kappa shape index (κ2) is 8.57. The smallest absolute Gasteiger partial charge is 0.321 e. The molecule has 1 saturated heterocycles. The number of anilines is 2. The number of para-hydroxylation sites is 2. The number of likely N-dealkylation sites (tertiary alicyclic amines) is 1. The molecule has 0 bridgehead atoms. The van der Waals surface area contributed by atoms with Gasteiger partial charge in [0, 0.05) is 40.2 Å². The van der Waals surface area contributed by atoms with Crippen molar-refractivity contribution in [3.05, 3.63) is 24.3 Å². The molecule has 0 aliphatic carbocycles. The van der Waals surface area contributed by atoms with Crippen molar-refractivity contribution in [2.45, 2.75) is 26.2 Å². The highest BCUT2D eigenvalue weighted by atomic mass is 16.2. The van der Waals surface area contributed by atoms with E-state index in [2.05, 4.69) is 22.5 Å². The molecule has 6 heteroatoms. The largest absolute Gasteiger partial charge is 0.373 e. The van der Waals surface area contributed by atoms with Crippen molar-refractivity contribution in [3.63, 3.8) is 0 Å². The van der Waals surface area contributed by atoms with Gasteiger partial charge in [-0.05, 0) is 37.8 Å². The zero-order chi connectivity index (χ0) is 17.5. The molecule has 1 heterocycles. The fraction of sp³-hybridized carbons (Fsp3) is 0.556. The van der Waals surface area contributed by atoms with Crippen molar-refractivity contribution in [3.8, 4) is 0 Å². The molecule has 2 N–H and O–H groups in total. The van der Waals surface area contributed by atoms with Crippen LogP contribution in [0.25, 0.3) is 0 Å². The summed E-state index contributed by atoms with van der Waals surface area (Å²) in [7, 11) is 3.67. The summed E-state index contributed by atoms with van der Waals surface area (Å²) in [6.07, 6.45) is 2.30. The van der Waals surface area contributed by atoms with Gasteiger partial charge >= 0.3 is 6.03 Å². The fourth-order valence-electron chi connectivity index (χ4n) is 2.98. The summed E-state index contributed by atoms with van der Waals surface area (Å²) in [4.78, 5) is 27.9. The van der Waals surface area contributed by atoms with Gasteiger partial charge in [0.15, 0.2) is 0 Å². The highest BCUT2D eigenvalue weighted by molar-refractivity contribution is 5.93. The van der Waals surface area contributed by atoms with Crippen LogP contribution in [0.1, 0.15) is 26.2 Å². The van der Waals surface area contributed by atoms with Crippen molar-refractivity contribution in [1.82, 2.24) is 10.2 Å². The molecule has 6 nitrogen and oxygen atoms in total. The Morgan fingerprint density at radius 2 is 1.92 bits per heavy atom. The van der Waals surface area contributed by atoms with Crippen LogP contribution in [0.3, 0.4) is 0 Å². The molecule has 0 atom stereocenters. The Hall–Kier alpha value is -2.24. The van der Waals surface area contributed by atoms with E-state index in [0.717, 1.165) is 30.8 Å². The molecule has 0 saturated carbocycles. The molecule has 0 unspecified atom stereocenters. The molecule has 24 heavy (non-hydrogen) atoms. The molecule has 1 aliphatic heterocycles. The number of hydrogen-bond donors (Lipinski definition) is 2. The summed E-state index contributed by atoms with van der Waals surface area (Å²) < 4.78 is 0. The van der Waals surface area contributed by atoms with Gasteiger partial charge in [0.2, 0.25) is 5.91 Å². The Morgan fingerprint density at radius 1 is 1.25 bits per heavy atom. The number of carbonyl (C=O) groups is 2. The van der Waals surface area contributed by atoms with Gasteiger partial charge in [0.1, 0.15) is 0 Å². The molecular formula is C18H28N4O2. The molecule has 3 amide bonds. The molecular weight excluding hydrogens is 304 g/mol. The monoisotopic (exact) mass is 332 g/mol. The van der Waals surface area contributed by atoms with Gasteiger partial charge in [0.25, 0.3) is 0 Å². The highest BCUT2D eigenvalue weighted by Gasteiger charge is 2.24.